The van der Waals surface area contributed by atoms with E-state index >= 15 is 0 Å². The van der Waals surface area contributed by atoms with E-state index in [1.165, 1.54) is 4.68 Å². The molecule has 0 aliphatic rings. The van der Waals surface area contributed by atoms with Crippen LogP contribution in [0.4, 0.5) is 0 Å². The second-order valence-corrected chi connectivity index (χ2v) is 2.68. The molecule has 0 unspecified atom stereocenters. The summed E-state index contributed by atoms with van der Waals surface area (Å²) in [6.07, 6.45) is 0. The summed E-state index contributed by atoms with van der Waals surface area (Å²) in [7, 11) is 3.43. The molecule has 4 nitrogen and oxygen atoms in total. The van der Waals surface area contributed by atoms with Crippen molar-refractivity contribution in [3.63, 3.8) is 0 Å². The van der Waals surface area contributed by atoms with Gasteiger partial charge in [0.15, 0.2) is 0 Å². The van der Waals surface area contributed by atoms with E-state index in [1.54, 1.807) is 14.1 Å². The van der Waals surface area contributed by atoms with E-state index in [1.807, 2.05) is 0 Å². The van der Waals surface area contributed by atoms with Crippen molar-refractivity contribution >= 4 is 11.6 Å². The number of nitrogens with zero attached hydrogens (tertiary/aromatic N) is 1. The third-order valence-corrected chi connectivity index (χ3v) is 1.80. The Kier molecular flexibility index (Phi) is 2.36. The maximum absolute atomic E-state index is 11.0. The minimum absolute atomic E-state index is 0.183. The molecule has 11 heavy (non-hydrogen) atoms. The third kappa shape index (κ3) is 1.46. The summed E-state index contributed by atoms with van der Waals surface area (Å²) in [5.74, 6) is 0. The first kappa shape index (κ1) is 8.36. The van der Waals surface area contributed by atoms with Crippen LogP contribution in [-0.4, -0.2) is 16.8 Å². The molecule has 1 aromatic heterocycles. The molecule has 0 saturated carbocycles. The second-order valence-electron chi connectivity index (χ2n) is 2.30. The molecule has 0 aliphatic heterocycles. The fourth-order valence-corrected chi connectivity index (χ4v) is 1.11. The summed E-state index contributed by atoms with van der Waals surface area (Å²) in [6, 6.07) is 0. The predicted molar refractivity (Wildman–Crippen MR) is 43.8 cm³/mol. The lowest BCUT2D eigenvalue weighted by molar-refractivity contribution is 0.698. The number of H-pyrrole nitrogens is 1. The van der Waals surface area contributed by atoms with Gasteiger partial charge >= 0.3 is 0 Å². The molecule has 0 atom stereocenters. The fourth-order valence-electron chi connectivity index (χ4n) is 0.873. The van der Waals surface area contributed by atoms with Crippen LogP contribution >= 0.6 is 11.6 Å². The molecule has 0 amide bonds. The van der Waals surface area contributed by atoms with Crippen molar-refractivity contribution in [3.8, 4) is 0 Å². The number of aromatic amines is 1. The van der Waals surface area contributed by atoms with Gasteiger partial charge in [-0.1, -0.05) is 11.6 Å². The predicted octanol–water partition coefficient (Wildman–Crippen LogP) is 0.0862. The zero-order chi connectivity index (χ0) is 8.43. The number of hydrogen-bond acceptors (Lipinski definition) is 2. The highest BCUT2D eigenvalue weighted by Gasteiger charge is 2.07. The summed E-state index contributed by atoms with van der Waals surface area (Å²) in [6.45, 7) is 0.578. The highest BCUT2D eigenvalue weighted by Crippen LogP contribution is 2.06. The topological polar surface area (TPSA) is 49.8 Å². The first-order valence-corrected chi connectivity index (χ1v) is 3.62. The Balaban J connectivity index is 3.08. The number of hydrogen-bond donors (Lipinski definition) is 2. The molecule has 0 saturated heterocycles. The van der Waals surface area contributed by atoms with Crippen LogP contribution in [0, 0.1) is 0 Å². The van der Waals surface area contributed by atoms with Gasteiger partial charge in [0.1, 0.15) is 5.02 Å². The Bertz CT molecular complexity index is 301. The Morgan fingerprint density at radius 2 is 2.36 bits per heavy atom. The van der Waals surface area contributed by atoms with Gasteiger partial charge in [0.25, 0.3) is 5.56 Å². The largest absolute Gasteiger partial charge is 0.314 e. The average molecular weight is 176 g/mol. The van der Waals surface area contributed by atoms with E-state index in [0.29, 0.717) is 6.54 Å². The van der Waals surface area contributed by atoms with E-state index < -0.39 is 0 Å². The molecule has 62 valence electrons. The van der Waals surface area contributed by atoms with Gasteiger partial charge in [-0.2, -0.15) is 0 Å². The molecule has 0 fully saturated rings. The maximum atomic E-state index is 11.0. The van der Waals surface area contributed by atoms with Crippen LogP contribution in [0.2, 0.25) is 5.02 Å². The highest BCUT2D eigenvalue weighted by molar-refractivity contribution is 6.31. The normalized spacial score (nSPS) is 10.5. The van der Waals surface area contributed by atoms with Crippen LogP contribution in [-0.2, 0) is 13.6 Å². The van der Waals surface area contributed by atoms with Crippen molar-refractivity contribution in [2.75, 3.05) is 7.05 Å². The van der Waals surface area contributed by atoms with Gasteiger partial charge < -0.3 is 5.32 Å². The molecule has 0 bridgehead atoms. The van der Waals surface area contributed by atoms with Crippen molar-refractivity contribution in [2.24, 2.45) is 7.05 Å². The third-order valence-electron chi connectivity index (χ3n) is 1.41. The van der Waals surface area contributed by atoms with E-state index in [9.17, 15) is 4.79 Å². The number of aryl methyl sites for hydroxylation is 1. The van der Waals surface area contributed by atoms with Crippen molar-refractivity contribution in [3.05, 3.63) is 21.1 Å². The second kappa shape index (κ2) is 3.11. The summed E-state index contributed by atoms with van der Waals surface area (Å²) in [5, 5.41) is 5.99. The van der Waals surface area contributed by atoms with Gasteiger partial charge in [0.05, 0.1) is 5.69 Å². The Hall–Kier alpha value is -0.740. The van der Waals surface area contributed by atoms with Gasteiger partial charge in [0.2, 0.25) is 0 Å². The molecule has 0 aliphatic carbocycles. The smallest absolute Gasteiger partial charge is 0.285 e. The van der Waals surface area contributed by atoms with Crippen molar-refractivity contribution in [1.29, 1.82) is 0 Å². The molecule has 5 heteroatoms. The molecular formula is C6H10ClN3O. The van der Waals surface area contributed by atoms with E-state index in [4.69, 9.17) is 11.6 Å². The lowest BCUT2D eigenvalue weighted by atomic mass is 10.4. The van der Waals surface area contributed by atoms with Gasteiger partial charge in [-0.05, 0) is 7.05 Å². The first-order valence-electron chi connectivity index (χ1n) is 3.24. The van der Waals surface area contributed by atoms with E-state index in [2.05, 4.69) is 10.4 Å². The molecule has 2 N–H and O–H groups in total. The average Bonchev–Trinajstić information content (AvgIpc) is 2.19. The first-order chi connectivity index (χ1) is 5.16. The number of nitrogens with one attached hydrogen (secondary N) is 2. The van der Waals surface area contributed by atoms with Crippen LogP contribution in [0.3, 0.4) is 0 Å². The molecule has 1 heterocycles. The summed E-state index contributed by atoms with van der Waals surface area (Å²) in [4.78, 5) is 11.0. The van der Waals surface area contributed by atoms with Crippen LogP contribution in [0.25, 0.3) is 0 Å². The quantitative estimate of drug-likeness (QED) is 0.669. The zero-order valence-corrected chi connectivity index (χ0v) is 7.20. The van der Waals surface area contributed by atoms with Crippen LogP contribution in [0.5, 0.6) is 0 Å². The standard InChI is InChI=1S/C6H10ClN3O/c1-8-3-4-5(7)6(11)10(2)9-4/h8-9H,3H2,1-2H3. The van der Waals surface area contributed by atoms with Crippen molar-refractivity contribution in [2.45, 2.75) is 6.54 Å². The summed E-state index contributed by atoms with van der Waals surface area (Å²) in [5.41, 5.74) is 0.540. The van der Waals surface area contributed by atoms with Gasteiger partial charge in [-0.25, -0.2) is 0 Å². The lowest BCUT2D eigenvalue weighted by Gasteiger charge is -1.93. The van der Waals surface area contributed by atoms with Crippen LogP contribution < -0.4 is 10.9 Å². The summed E-state index contributed by atoms with van der Waals surface area (Å²) < 4.78 is 1.36. The number of rotatable bonds is 2. The Labute approximate surface area is 69.1 Å². The Morgan fingerprint density at radius 1 is 1.73 bits per heavy atom. The monoisotopic (exact) mass is 175 g/mol. The molecule has 0 spiro atoms. The highest BCUT2D eigenvalue weighted by atomic mass is 35.5. The van der Waals surface area contributed by atoms with E-state index in [0.717, 1.165) is 5.69 Å². The molecule has 1 aromatic rings. The fraction of sp³-hybridized carbons (Fsp3) is 0.500. The van der Waals surface area contributed by atoms with E-state index in [-0.39, 0.29) is 10.6 Å². The van der Waals surface area contributed by atoms with Gasteiger partial charge in [0, 0.05) is 13.6 Å². The number of aromatic nitrogens is 2. The minimum Gasteiger partial charge on any atom is -0.314 e. The zero-order valence-electron chi connectivity index (χ0n) is 6.44. The van der Waals surface area contributed by atoms with Crippen molar-refractivity contribution < 1.29 is 0 Å². The number of halogens is 1. The van der Waals surface area contributed by atoms with Crippen molar-refractivity contribution in [1.82, 2.24) is 15.1 Å². The molecule has 0 radical (unpaired) electrons. The molecule has 0 aromatic carbocycles. The van der Waals surface area contributed by atoms with Crippen LogP contribution in [0.15, 0.2) is 4.79 Å². The minimum atomic E-state index is -0.183. The SMILES string of the molecule is CNCc1[nH]n(C)c(=O)c1Cl. The Morgan fingerprint density at radius 3 is 2.73 bits per heavy atom. The van der Waals surface area contributed by atoms with Crippen LogP contribution in [0.1, 0.15) is 5.69 Å². The van der Waals surface area contributed by atoms with Gasteiger partial charge in [-0.15, -0.1) is 0 Å². The maximum Gasteiger partial charge on any atom is 0.285 e. The van der Waals surface area contributed by atoms with Gasteiger partial charge in [-0.3, -0.25) is 14.6 Å². The molecule has 1 rings (SSSR count). The molecular weight excluding hydrogens is 166 g/mol. The lowest BCUT2D eigenvalue weighted by Crippen LogP contribution is -2.11. The summed E-state index contributed by atoms with van der Waals surface area (Å²) >= 11 is 5.69.